The maximum absolute atomic E-state index is 12.6. The highest BCUT2D eigenvalue weighted by molar-refractivity contribution is 7.89. The van der Waals surface area contributed by atoms with Crippen LogP contribution in [0.3, 0.4) is 0 Å². The van der Waals surface area contributed by atoms with Gasteiger partial charge in [0.2, 0.25) is 10.0 Å². The molecule has 1 saturated heterocycles. The van der Waals surface area contributed by atoms with Crippen molar-refractivity contribution in [2.45, 2.75) is 30.7 Å². The molecule has 1 unspecified atom stereocenters. The first kappa shape index (κ1) is 18.8. The van der Waals surface area contributed by atoms with Gasteiger partial charge in [-0.2, -0.15) is 0 Å². The molecule has 1 heterocycles. The Morgan fingerprint density at radius 3 is 2.23 bits per heavy atom. The summed E-state index contributed by atoms with van der Waals surface area (Å²) in [5.41, 5.74) is 1.62. The van der Waals surface area contributed by atoms with Crippen LogP contribution >= 0.6 is 0 Å². The summed E-state index contributed by atoms with van der Waals surface area (Å²) < 4.78 is 28.0. The van der Waals surface area contributed by atoms with Gasteiger partial charge in [-0.15, -0.1) is 0 Å². The van der Waals surface area contributed by atoms with E-state index in [4.69, 9.17) is 0 Å². The van der Waals surface area contributed by atoms with Gasteiger partial charge in [-0.05, 0) is 50.6 Å². The standard InChI is InChI=1S/C20H24N2O3S/c1-16(23)17-9-11-19(12-10-17)26(24,25)21-15-20(22-13-5-6-14-22)18-7-3-2-4-8-18/h2-4,7-12,20-21H,5-6,13-15H2,1H3. The topological polar surface area (TPSA) is 66.5 Å². The van der Waals surface area contributed by atoms with Crippen LogP contribution in [0.1, 0.15) is 41.7 Å². The molecule has 2 aromatic rings. The molecule has 1 aliphatic heterocycles. The number of carbonyl (C=O) groups is 1. The summed E-state index contributed by atoms with van der Waals surface area (Å²) in [5.74, 6) is -0.0833. The van der Waals surface area contributed by atoms with Gasteiger partial charge in [0, 0.05) is 18.2 Å². The number of rotatable bonds is 7. The average Bonchev–Trinajstić information content (AvgIpc) is 3.17. The van der Waals surface area contributed by atoms with Gasteiger partial charge in [0.05, 0.1) is 4.90 Å². The van der Waals surface area contributed by atoms with Crippen molar-refractivity contribution in [3.63, 3.8) is 0 Å². The predicted molar refractivity (Wildman–Crippen MR) is 102 cm³/mol. The normalized spacial score (nSPS) is 16.5. The van der Waals surface area contributed by atoms with Gasteiger partial charge in [0.25, 0.3) is 0 Å². The Labute approximate surface area is 155 Å². The zero-order valence-corrected chi connectivity index (χ0v) is 15.7. The number of likely N-dealkylation sites (tertiary alicyclic amines) is 1. The molecule has 1 N–H and O–H groups in total. The third-order valence-corrected chi connectivity index (χ3v) is 6.24. The number of benzene rings is 2. The molecular weight excluding hydrogens is 348 g/mol. The largest absolute Gasteiger partial charge is 0.295 e. The maximum atomic E-state index is 12.6. The van der Waals surface area contributed by atoms with Crippen LogP contribution in [0, 0.1) is 0 Å². The predicted octanol–water partition coefficient (Wildman–Crippen LogP) is 3.00. The second kappa shape index (κ2) is 8.12. The number of hydrogen-bond donors (Lipinski definition) is 1. The van der Waals surface area contributed by atoms with Crippen molar-refractivity contribution in [2.75, 3.05) is 19.6 Å². The van der Waals surface area contributed by atoms with Crippen LogP contribution < -0.4 is 4.72 Å². The summed E-state index contributed by atoms with van der Waals surface area (Å²) >= 11 is 0. The van der Waals surface area contributed by atoms with E-state index in [-0.39, 0.29) is 16.7 Å². The molecule has 0 aromatic heterocycles. The fourth-order valence-corrected chi connectivity index (χ4v) is 4.37. The van der Waals surface area contributed by atoms with Gasteiger partial charge in [-0.3, -0.25) is 9.69 Å². The summed E-state index contributed by atoms with van der Waals surface area (Å²) in [6.07, 6.45) is 2.28. The molecule has 0 amide bonds. The van der Waals surface area contributed by atoms with E-state index in [1.54, 1.807) is 12.1 Å². The lowest BCUT2D eigenvalue weighted by molar-refractivity contribution is 0.101. The average molecular weight is 372 g/mol. The van der Waals surface area contributed by atoms with E-state index >= 15 is 0 Å². The number of nitrogens with one attached hydrogen (secondary N) is 1. The Morgan fingerprint density at radius 2 is 1.65 bits per heavy atom. The lowest BCUT2D eigenvalue weighted by Gasteiger charge is -2.28. The van der Waals surface area contributed by atoms with Gasteiger partial charge in [0.15, 0.2) is 5.78 Å². The molecule has 0 bridgehead atoms. The highest BCUT2D eigenvalue weighted by Gasteiger charge is 2.25. The van der Waals surface area contributed by atoms with Gasteiger partial charge >= 0.3 is 0 Å². The van der Waals surface area contributed by atoms with Crippen molar-refractivity contribution >= 4 is 15.8 Å². The van der Waals surface area contributed by atoms with Crippen LogP contribution in [-0.2, 0) is 10.0 Å². The molecular formula is C20H24N2O3S. The first-order valence-electron chi connectivity index (χ1n) is 8.87. The molecule has 5 nitrogen and oxygen atoms in total. The SMILES string of the molecule is CC(=O)c1ccc(S(=O)(=O)NCC(c2ccccc2)N2CCCC2)cc1. The number of carbonyl (C=O) groups excluding carboxylic acids is 1. The Kier molecular flexibility index (Phi) is 5.86. The van der Waals surface area contributed by atoms with Crippen molar-refractivity contribution in [3.05, 3.63) is 65.7 Å². The number of ketones is 1. The second-order valence-corrected chi connectivity index (χ2v) is 8.37. The number of hydrogen-bond acceptors (Lipinski definition) is 4. The fourth-order valence-electron chi connectivity index (χ4n) is 3.33. The maximum Gasteiger partial charge on any atom is 0.240 e. The number of Topliss-reactive ketones (excluding diaryl/α,β-unsaturated/α-hetero) is 1. The van der Waals surface area contributed by atoms with Crippen molar-refractivity contribution in [1.29, 1.82) is 0 Å². The molecule has 1 aliphatic rings. The molecule has 2 aromatic carbocycles. The summed E-state index contributed by atoms with van der Waals surface area (Å²) in [6.45, 7) is 3.74. The van der Waals surface area contributed by atoms with Crippen LogP contribution in [-0.4, -0.2) is 38.7 Å². The van der Waals surface area contributed by atoms with Crippen molar-refractivity contribution < 1.29 is 13.2 Å². The number of sulfonamides is 1. The van der Waals surface area contributed by atoms with Crippen LogP contribution in [0.2, 0.25) is 0 Å². The minimum atomic E-state index is -3.62. The fraction of sp³-hybridized carbons (Fsp3) is 0.350. The Morgan fingerprint density at radius 1 is 1.04 bits per heavy atom. The highest BCUT2D eigenvalue weighted by atomic mass is 32.2. The van der Waals surface area contributed by atoms with Crippen LogP contribution in [0.4, 0.5) is 0 Å². The summed E-state index contributed by atoms with van der Waals surface area (Å²) in [4.78, 5) is 13.9. The summed E-state index contributed by atoms with van der Waals surface area (Å²) in [6, 6.07) is 16.1. The van der Waals surface area contributed by atoms with Crippen LogP contribution in [0.15, 0.2) is 59.5 Å². The zero-order chi connectivity index (χ0) is 18.6. The van der Waals surface area contributed by atoms with Crippen molar-refractivity contribution in [1.82, 2.24) is 9.62 Å². The quantitative estimate of drug-likeness (QED) is 0.759. The summed E-state index contributed by atoms with van der Waals surface area (Å²) in [7, 11) is -3.62. The van der Waals surface area contributed by atoms with Crippen molar-refractivity contribution in [3.8, 4) is 0 Å². The Hall–Kier alpha value is -2.02. The molecule has 0 radical (unpaired) electrons. The first-order chi connectivity index (χ1) is 12.5. The monoisotopic (exact) mass is 372 g/mol. The Bertz CT molecular complexity index is 842. The van der Waals surface area contributed by atoms with E-state index in [0.717, 1.165) is 31.5 Å². The molecule has 0 spiro atoms. The number of nitrogens with zero attached hydrogens (tertiary/aromatic N) is 1. The smallest absolute Gasteiger partial charge is 0.240 e. The minimum absolute atomic E-state index is 0.0185. The third kappa shape index (κ3) is 4.38. The molecule has 1 atom stereocenters. The molecule has 0 saturated carbocycles. The van der Waals surface area contributed by atoms with E-state index in [1.807, 2.05) is 30.3 Å². The first-order valence-corrected chi connectivity index (χ1v) is 10.4. The second-order valence-electron chi connectivity index (χ2n) is 6.60. The molecule has 3 rings (SSSR count). The zero-order valence-electron chi connectivity index (χ0n) is 14.9. The van der Waals surface area contributed by atoms with E-state index < -0.39 is 10.0 Å². The molecule has 138 valence electrons. The highest BCUT2D eigenvalue weighted by Crippen LogP contribution is 2.25. The van der Waals surface area contributed by atoms with Gasteiger partial charge in [0.1, 0.15) is 0 Å². The van der Waals surface area contributed by atoms with Gasteiger partial charge < -0.3 is 0 Å². The van der Waals surface area contributed by atoms with Crippen LogP contribution in [0.5, 0.6) is 0 Å². The molecule has 6 heteroatoms. The lowest BCUT2D eigenvalue weighted by Crippen LogP contribution is -2.36. The van der Waals surface area contributed by atoms with E-state index in [1.165, 1.54) is 19.1 Å². The molecule has 26 heavy (non-hydrogen) atoms. The van der Waals surface area contributed by atoms with E-state index in [9.17, 15) is 13.2 Å². The van der Waals surface area contributed by atoms with Gasteiger partial charge in [-0.25, -0.2) is 13.1 Å². The lowest BCUT2D eigenvalue weighted by atomic mass is 10.1. The Balaban J connectivity index is 1.76. The summed E-state index contributed by atoms with van der Waals surface area (Å²) in [5, 5.41) is 0. The minimum Gasteiger partial charge on any atom is -0.295 e. The molecule has 1 fully saturated rings. The van der Waals surface area contributed by atoms with Gasteiger partial charge in [-0.1, -0.05) is 42.5 Å². The molecule has 0 aliphatic carbocycles. The van der Waals surface area contributed by atoms with Crippen LogP contribution in [0.25, 0.3) is 0 Å². The van der Waals surface area contributed by atoms with E-state index in [0.29, 0.717) is 12.1 Å². The van der Waals surface area contributed by atoms with E-state index in [2.05, 4.69) is 9.62 Å². The third-order valence-electron chi connectivity index (χ3n) is 4.80. The van der Waals surface area contributed by atoms with Crippen molar-refractivity contribution in [2.24, 2.45) is 0 Å².